The van der Waals surface area contributed by atoms with Gasteiger partial charge in [0.2, 0.25) is 0 Å². The van der Waals surface area contributed by atoms with Crippen LogP contribution in [0.5, 0.6) is 0 Å². The molecule has 2 N–H and O–H groups in total. The maximum Gasteiger partial charge on any atom is 0.192 e. The van der Waals surface area contributed by atoms with Crippen molar-refractivity contribution in [2.75, 3.05) is 6.54 Å². The van der Waals surface area contributed by atoms with Gasteiger partial charge < -0.3 is 10.6 Å². The van der Waals surface area contributed by atoms with Crippen molar-refractivity contribution >= 4 is 5.96 Å². The summed E-state index contributed by atoms with van der Waals surface area (Å²) in [6.07, 6.45) is 2.19. The van der Waals surface area contributed by atoms with Crippen LogP contribution in [0, 0.1) is 11.6 Å². The number of aliphatic imine (C=N–C) groups is 1. The average molecular weight is 237 g/mol. The normalized spacial score (nSPS) is 24.0. The molecule has 90 valence electrons. The molecule has 0 radical (unpaired) electrons. The van der Waals surface area contributed by atoms with Gasteiger partial charge in [0.15, 0.2) is 17.6 Å². The number of nitrogens with two attached hydrogens (primary N) is 1. The van der Waals surface area contributed by atoms with Gasteiger partial charge in [-0.05, 0) is 30.5 Å². The lowest BCUT2D eigenvalue weighted by molar-refractivity contribution is 0.336. The molecule has 1 aliphatic carbocycles. The summed E-state index contributed by atoms with van der Waals surface area (Å²) in [5.74, 6) is -1.12. The molecule has 0 amide bonds. The first-order valence-electron chi connectivity index (χ1n) is 5.70. The van der Waals surface area contributed by atoms with E-state index >= 15 is 0 Å². The summed E-state index contributed by atoms with van der Waals surface area (Å²) in [6, 6.07) is 4.37. The zero-order valence-electron chi connectivity index (χ0n) is 9.24. The standard InChI is InChI=1S/C12H13F2N3/c13-9-4-1-7(5-10(9)14)11-6-16-12(15)17(11)8-2-3-8/h1,4-5,8,11H,2-3,6H2,(H2,15,16). The number of rotatable bonds is 2. The van der Waals surface area contributed by atoms with Gasteiger partial charge in [-0.1, -0.05) is 6.07 Å². The molecule has 1 atom stereocenters. The van der Waals surface area contributed by atoms with Crippen molar-refractivity contribution in [3.05, 3.63) is 35.4 Å². The van der Waals surface area contributed by atoms with Crippen molar-refractivity contribution in [3.8, 4) is 0 Å². The van der Waals surface area contributed by atoms with E-state index in [1.54, 1.807) is 6.07 Å². The third-order valence-electron chi connectivity index (χ3n) is 3.30. The fourth-order valence-corrected chi connectivity index (χ4v) is 2.29. The molecule has 1 unspecified atom stereocenters. The molecule has 2 aliphatic rings. The largest absolute Gasteiger partial charge is 0.370 e. The molecule has 1 heterocycles. The van der Waals surface area contributed by atoms with Gasteiger partial charge in [-0.25, -0.2) is 8.78 Å². The van der Waals surface area contributed by atoms with Crippen molar-refractivity contribution in [2.45, 2.75) is 24.9 Å². The van der Waals surface area contributed by atoms with Gasteiger partial charge in [0.25, 0.3) is 0 Å². The predicted molar refractivity (Wildman–Crippen MR) is 60.4 cm³/mol. The Morgan fingerprint density at radius 2 is 2.00 bits per heavy atom. The van der Waals surface area contributed by atoms with Crippen molar-refractivity contribution < 1.29 is 8.78 Å². The molecule has 0 spiro atoms. The number of guanidine groups is 1. The Hall–Kier alpha value is -1.65. The molecule has 1 aromatic carbocycles. The molecule has 3 nitrogen and oxygen atoms in total. The van der Waals surface area contributed by atoms with Crippen LogP contribution < -0.4 is 5.73 Å². The summed E-state index contributed by atoms with van der Waals surface area (Å²) in [6.45, 7) is 0.521. The first-order valence-corrected chi connectivity index (χ1v) is 5.70. The van der Waals surface area contributed by atoms with Gasteiger partial charge in [0.1, 0.15) is 0 Å². The third-order valence-corrected chi connectivity index (χ3v) is 3.30. The average Bonchev–Trinajstić information content (AvgIpc) is 3.06. The van der Waals surface area contributed by atoms with Crippen LogP contribution in [-0.4, -0.2) is 23.4 Å². The van der Waals surface area contributed by atoms with Gasteiger partial charge in [0.05, 0.1) is 12.6 Å². The van der Waals surface area contributed by atoms with E-state index in [-0.39, 0.29) is 6.04 Å². The number of nitrogens with zero attached hydrogens (tertiary/aromatic N) is 2. The lowest BCUT2D eigenvalue weighted by atomic mass is 10.1. The predicted octanol–water partition coefficient (Wildman–Crippen LogP) is 1.80. The van der Waals surface area contributed by atoms with Crippen LogP contribution >= 0.6 is 0 Å². The maximum atomic E-state index is 13.2. The van der Waals surface area contributed by atoms with Gasteiger partial charge in [0, 0.05) is 6.04 Å². The topological polar surface area (TPSA) is 41.6 Å². The fraction of sp³-hybridized carbons (Fsp3) is 0.417. The van der Waals surface area contributed by atoms with Crippen molar-refractivity contribution in [2.24, 2.45) is 10.7 Å². The van der Waals surface area contributed by atoms with E-state index in [0.29, 0.717) is 18.5 Å². The molecule has 0 saturated heterocycles. The molecule has 1 aliphatic heterocycles. The first kappa shape index (κ1) is 10.5. The minimum Gasteiger partial charge on any atom is -0.370 e. The fourth-order valence-electron chi connectivity index (χ4n) is 2.29. The monoisotopic (exact) mass is 237 g/mol. The number of hydrogen-bond acceptors (Lipinski definition) is 3. The van der Waals surface area contributed by atoms with Crippen molar-refractivity contribution in [3.63, 3.8) is 0 Å². The summed E-state index contributed by atoms with van der Waals surface area (Å²) < 4.78 is 26.1. The van der Waals surface area contributed by atoms with E-state index in [9.17, 15) is 8.78 Å². The molecule has 5 heteroatoms. The molecule has 0 aromatic heterocycles. The Kier molecular flexibility index (Phi) is 2.28. The molecule has 3 rings (SSSR count). The zero-order chi connectivity index (χ0) is 12.0. The van der Waals surface area contributed by atoms with Gasteiger partial charge in [-0.2, -0.15) is 0 Å². The van der Waals surface area contributed by atoms with E-state index in [1.807, 2.05) is 4.90 Å². The lowest BCUT2D eigenvalue weighted by Gasteiger charge is -2.26. The second-order valence-corrected chi connectivity index (χ2v) is 4.53. The van der Waals surface area contributed by atoms with E-state index in [2.05, 4.69) is 4.99 Å². The highest BCUT2D eigenvalue weighted by molar-refractivity contribution is 5.81. The van der Waals surface area contributed by atoms with Crippen LogP contribution in [0.1, 0.15) is 24.4 Å². The molecular formula is C12H13F2N3. The van der Waals surface area contributed by atoms with E-state index < -0.39 is 11.6 Å². The first-order chi connectivity index (χ1) is 8.16. The Bertz CT molecular complexity index is 483. The van der Waals surface area contributed by atoms with Crippen molar-refractivity contribution in [1.29, 1.82) is 0 Å². The van der Waals surface area contributed by atoms with Crippen LogP contribution in [0.15, 0.2) is 23.2 Å². The summed E-state index contributed by atoms with van der Waals surface area (Å²) in [7, 11) is 0. The highest BCUT2D eigenvalue weighted by atomic mass is 19.2. The second-order valence-electron chi connectivity index (χ2n) is 4.53. The van der Waals surface area contributed by atoms with Gasteiger partial charge in [-0.3, -0.25) is 4.99 Å². The number of benzene rings is 1. The summed E-state index contributed by atoms with van der Waals surface area (Å²) in [5, 5.41) is 0. The summed E-state index contributed by atoms with van der Waals surface area (Å²) >= 11 is 0. The van der Waals surface area contributed by atoms with Crippen LogP contribution in [0.4, 0.5) is 8.78 Å². The zero-order valence-corrected chi connectivity index (χ0v) is 9.24. The quantitative estimate of drug-likeness (QED) is 0.852. The SMILES string of the molecule is NC1=NCC(c2ccc(F)c(F)c2)N1C1CC1. The molecule has 17 heavy (non-hydrogen) atoms. The van der Waals surface area contributed by atoms with E-state index in [0.717, 1.165) is 24.5 Å². The Morgan fingerprint density at radius 3 is 2.65 bits per heavy atom. The summed E-state index contributed by atoms with van der Waals surface area (Å²) in [5.41, 5.74) is 6.56. The van der Waals surface area contributed by atoms with Crippen LogP contribution in [-0.2, 0) is 0 Å². The van der Waals surface area contributed by atoms with Crippen LogP contribution in [0.3, 0.4) is 0 Å². The molecule has 0 bridgehead atoms. The highest BCUT2D eigenvalue weighted by Gasteiger charge is 2.39. The smallest absolute Gasteiger partial charge is 0.192 e. The second kappa shape index (κ2) is 3.68. The minimum atomic E-state index is -0.821. The Balaban J connectivity index is 1.91. The lowest BCUT2D eigenvalue weighted by Crippen LogP contribution is -2.37. The highest BCUT2D eigenvalue weighted by Crippen LogP contribution is 2.37. The maximum absolute atomic E-state index is 13.2. The third kappa shape index (κ3) is 1.75. The van der Waals surface area contributed by atoms with E-state index in [4.69, 9.17) is 5.73 Å². The van der Waals surface area contributed by atoms with Crippen LogP contribution in [0.25, 0.3) is 0 Å². The molecule has 1 saturated carbocycles. The molecule has 1 fully saturated rings. The molecular weight excluding hydrogens is 224 g/mol. The Labute approximate surface area is 97.9 Å². The minimum absolute atomic E-state index is 0.0439. The Morgan fingerprint density at radius 1 is 1.24 bits per heavy atom. The van der Waals surface area contributed by atoms with Gasteiger partial charge >= 0.3 is 0 Å². The number of hydrogen-bond donors (Lipinski definition) is 1. The van der Waals surface area contributed by atoms with E-state index in [1.165, 1.54) is 6.07 Å². The number of halogens is 2. The van der Waals surface area contributed by atoms with Gasteiger partial charge in [-0.15, -0.1) is 0 Å². The molecule has 1 aromatic rings. The van der Waals surface area contributed by atoms with Crippen LogP contribution in [0.2, 0.25) is 0 Å². The van der Waals surface area contributed by atoms with Crippen molar-refractivity contribution in [1.82, 2.24) is 4.90 Å². The summed E-state index contributed by atoms with van der Waals surface area (Å²) in [4.78, 5) is 6.21.